The number of carbonyl (C=O) groups is 2. The highest BCUT2D eigenvalue weighted by molar-refractivity contribution is 7.17. The number of hydrogen-bond donors (Lipinski definition) is 1. The molecule has 0 aliphatic carbocycles. The Kier molecular flexibility index (Phi) is 15.9. The lowest BCUT2D eigenvalue weighted by Crippen LogP contribution is -2.39. The van der Waals surface area contributed by atoms with Crippen molar-refractivity contribution < 1.29 is 28.2 Å². The summed E-state index contributed by atoms with van der Waals surface area (Å²) in [5.41, 5.74) is -0.496. The molecule has 3 atom stereocenters. The molecule has 170 valence electrons. The Morgan fingerprint density at radius 3 is 2.07 bits per heavy atom. The first-order chi connectivity index (χ1) is 13.7. The van der Waals surface area contributed by atoms with Crippen molar-refractivity contribution in [2.45, 2.75) is 104 Å². The number of ether oxygens (including phenoxy) is 2. The van der Waals surface area contributed by atoms with Crippen LogP contribution in [0.25, 0.3) is 0 Å². The van der Waals surface area contributed by atoms with E-state index in [2.05, 4.69) is 12.2 Å². The van der Waals surface area contributed by atoms with Gasteiger partial charge in [-0.05, 0) is 44.6 Å². The molecule has 7 nitrogen and oxygen atoms in total. The molecular weight excluding hydrogens is 393 g/mol. The number of alkyl carbamates (subject to hydrolysis) is 1. The van der Waals surface area contributed by atoms with E-state index in [1.165, 1.54) is 7.11 Å². The average Bonchev–Trinajstić information content (AvgIpc) is 2.64. The maximum Gasteiger partial charge on any atom is 0.494 e. The molecule has 0 spiro atoms. The Balaban J connectivity index is 4.25. The lowest BCUT2D eigenvalue weighted by atomic mass is 9.99. The van der Waals surface area contributed by atoms with Crippen LogP contribution in [0.3, 0.4) is 0 Å². The molecule has 0 fully saturated rings. The third kappa shape index (κ3) is 16.3. The van der Waals surface area contributed by atoms with Crippen LogP contribution in [-0.4, -0.2) is 37.4 Å². The van der Waals surface area contributed by atoms with Gasteiger partial charge in [-0.2, -0.15) is 0 Å². The molecule has 0 aromatic rings. The van der Waals surface area contributed by atoms with E-state index >= 15 is 0 Å². The molecular formula is C21H41NO6P+. The standard InChI is InChI=1S/C21H40NO6P/c1-6-7-10-14-18(22-20(24)28-21(2,3)4)15-12-9-8-11-13-17(16-27-29-25)19(23)26-5/h17-18,29H,6-16H2,1-5H3/p+1. The summed E-state index contributed by atoms with van der Waals surface area (Å²) in [6, 6.07) is 0.130. The van der Waals surface area contributed by atoms with Crippen molar-refractivity contribution >= 4 is 20.7 Å². The van der Waals surface area contributed by atoms with Crippen LogP contribution in [0.5, 0.6) is 0 Å². The van der Waals surface area contributed by atoms with Crippen LogP contribution in [0.2, 0.25) is 0 Å². The third-order valence-electron chi connectivity index (χ3n) is 4.61. The van der Waals surface area contributed by atoms with Crippen molar-refractivity contribution in [3.05, 3.63) is 0 Å². The predicted molar refractivity (Wildman–Crippen MR) is 115 cm³/mol. The molecule has 0 heterocycles. The molecule has 0 bridgehead atoms. The maximum atomic E-state index is 12.1. The molecule has 29 heavy (non-hydrogen) atoms. The summed E-state index contributed by atoms with van der Waals surface area (Å²) in [6.07, 6.45) is 9.50. The molecule has 3 unspecified atom stereocenters. The largest absolute Gasteiger partial charge is 0.494 e. The van der Waals surface area contributed by atoms with Crippen molar-refractivity contribution in [2.75, 3.05) is 13.7 Å². The van der Waals surface area contributed by atoms with Gasteiger partial charge in [-0.1, -0.05) is 51.9 Å². The van der Waals surface area contributed by atoms with Crippen molar-refractivity contribution in [1.29, 1.82) is 0 Å². The summed E-state index contributed by atoms with van der Waals surface area (Å²) in [5.74, 6) is -0.683. The number of amides is 1. The molecule has 0 aliphatic rings. The molecule has 0 saturated heterocycles. The normalized spacial score (nSPS) is 13.7. The maximum absolute atomic E-state index is 12.1. The molecule has 0 aromatic heterocycles. The fourth-order valence-corrected chi connectivity index (χ4v) is 3.38. The first kappa shape index (κ1) is 27.8. The minimum atomic E-state index is -0.862. The van der Waals surface area contributed by atoms with Gasteiger partial charge in [-0.15, -0.1) is 4.52 Å². The highest BCUT2D eigenvalue weighted by Gasteiger charge is 2.21. The van der Waals surface area contributed by atoms with E-state index in [-0.39, 0.29) is 30.6 Å². The molecule has 8 heteroatoms. The van der Waals surface area contributed by atoms with Crippen LogP contribution in [0, 0.1) is 5.92 Å². The van der Waals surface area contributed by atoms with Gasteiger partial charge in [0.25, 0.3) is 0 Å². The summed E-state index contributed by atoms with van der Waals surface area (Å²) < 4.78 is 25.5. The van der Waals surface area contributed by atoms with E-state index in [1.54, 1.807) is 0 Å². The van der Waals surface area contributed by atoms with Crippen LogP contribution in [-0.2, 0) is 23.4 Å². The topological polar surface area (TPSA) is 90.9 Å². The lowest BCUT2D eigenvalue weighted by Gasteiger charge is -2.24. The second-order valence-electron chi connectivity index (χ2n) is 8.44. The molecule has 1 N–H and O–H groups in total. The minimum absolute atomic E-state index is 0.130. The third-order valence-corrected chi connectivity index (χ3v) is 4.89. The molecule has 0 aromatic carbocycles. The second-order valence-corrected chi connectivity index (χ2v) is 8.90. The summed E-state index contributed by atoms with van der Waals surface area (Å²) in [5, 5.41) is 3.02. The zero-order valence-electron chi connectivity index (χ0n) is 18.9. The number of methoxy groups -OCH3 is 1. The summed E-state index contributed by atoms with van der Waals surface area (Å²) in [7, 11) is 0.490. The Labute approximate surface area is 177 Å². The monoisotopic (exact) mass is 434 g/mol. The summed E-state index contributed by atoms with van der Waals surface area (Å²) in [4.78, 5) is 23.8. The van der Waals surface area contributed by atoms with Crippen LogP contribution < -0.4 is 5.32 Å². The average molecular weight is 435 g/mol. The Bertz CT molecular complexity index is 467. The SMILES string of the molecule is CCCCCC(CCCCCCC(CO[PH+]=O)C(=O)OC)NC(=O)OC(C)(C)C. The van der Waals surface area contributed by atoms with Crippen molar-refractivity contribution in [3.8, 4) is 0 Å². The van der Waals surface area contributed by atoms with Gasteiger partial charge in [0.1, 0.15) is 12.2 Å². The predicted octanol–water partition coefficient (Wildman–Crippen LogP) is 5.55. The smallest absolute Gasteiger partial charge is 0.469 e. The fraction of sp³-hybridized carbons (Fsp3) is 0.905. The van der Waals surface area contributed by atoms with Gasteiger partial charge in [0, 0.05) is 6.04 Å². The van der Waals surface area contributed by atoms with Crippen molar-refractivity contribution in [3.63, 3.8) is 0 Å². The number of esters is 1. The number of nitrogens with one attached hydrogen (secondary N) is 1. The number of unbranched alkanes of at least 4 members (excludes halogenated alkanes) is 5. The first-order valence-electron chi connectivity index (χ1n) is 10.8. The van der Waals surface area contributed by atoms with E-state index in [0.29, 0.717) is 6.42 Å². The van der Waals surface area contributed by atoms with Crippen LogP contribution in [0.15, 0.2) is 0 Å². The van der Waals surface area contributed by atoms with E-state index in [1.807, 2.05) is 20.8 Å². The Hall–Kier alpha value is -1.20. The number of rotatable bonds is 16. The first-order valence-corrected chi connectivity index (χ1v) is 11.6. The highest BCUT2D eigenvalue weighted by Crippen LogP contribution is 2.17. The van der Waals surface area contributed by atoms with Gasteiger partial charge >= 0.3 is 20.7 Å². The van der Waals surface area contributed by atoms with Crippen molar-refractivity contribution in [2.24, 2.45) is 5.92 Å². The summed E-state index contributed by atoms with van der Waals surface area (Å²) in [6.45, 7) is 7.89. The fourth-order valence-electron chi connectivity index (χ4n) is 3.11. The van der Waals surface area contributed by atoms with Gasteiger partial charge in [-0.3, -0.25) is 4.79 Å². The second kappa shape index (κ2) is 16.6. The number of carbonyl (C=O) groups excluding carboxylic acids is 2. The molecule has 0 rings (SSSR count). The van der Waals surface area contributed by atoms with E-state index in [4.69, 9.17) is 14.0 Å². The highest BCUT2D eigenvalue weighted by atomic mass is 31.1. The van der Waals surface area contributed by atoms with Gasteiger partial charge in [0.15, 0.2) is 0 Å². The zero-order chi connectivity index (χ0) is 22.1. The van der Waals surface area contributed by atoms with E-state index < -0.39 is 14.3 Å². The molecule has 1 amide bonds. The quantitative estimate of drug-likeness (QED) is 0.195. The molecule has 0 radical (unpaired) electrons. The van der Waals surface area contributed by atoms with Gasteiger partial charge in [0.2, 0.25) is 0 Å². The van der Waals surface area contributed by atoms with Gasteiger partial charge in [0.05, 0.1) is 13.0 Å². The molecule has 0 saturated carbocycles. The summed E-state index contributed by atoms with van der Waals surface area (Å²) >= 11 is 0. The van der Waals surface area contributed by atoms with E-state index in [0.717, 1.165) is 57.8 Å². The van der Waals surface area contributed by atoms with Crippen LogP contribution in [0.4, 0.5) is 4.79 Å². The minimum Gasteiger partial charge on any atom is -0.469 e. The Morgan fingerprint density at radius 1 is 0.966 bits per heavy atom. The van der Waals surface area contributed by atoms with Gasteiger partial charge in [-0.25, -0.2) is 4.79 Å². The van der Waals surface area contributed by atoms with Crippen LogP contribution >= 0.6 is 8.69 Å². The van der Waals surface area contributed by atoms with Gasteiger partial charge < -0.3 is 14.8 Å². The van der Waals surface area contributed by atoms with Crippen molar-refractivity contribution in [1.82, 2.24) is 5.32 Å². The Morgan fingerprint density at radius 2 is 1.55 bits per heavy atom. The van der Waals surface area contributed by atoms with Crippen LogP contribution in [0.1, 0.15) is 91.9 Å². The lowest BCUT2D eigenvalue weighted by molar-refractivity contribution is -0.146. The zero-order valence-corrected chi connectivity index (χ0v) is 19.9. The molecule has 0 aliphatic heterocycles. The number of hydrogen-bond acceptors (Lipinski definition) is 6. The van der Waals surface area contributed by atoms with E-state index in [9.17, 15) is 14.2 Å².